The van der Waals surface area contributed by atoms with E-state index in [1.165, 1.54) is 0 Å². The second-order valence-corrected chi connectivity index (χ2v) is 8.28. The number of aryl methyl sites for hydroxylation is 1. The molecule has 1 saturated heterocycles. The summed E-state index contributed by atoms with van der Waals surface area (Å²) in [5.74, 6) is 1.89. The maximum absolute atomic E-state index is 13.6. The third-order valence-electron chi connectivity index (χ3n) is 6.48. The lowest BCUT2D eigenvalue weighted by atomic mass is 9.74. The summed E-state index contributed by atoms with van der Waals surface area (Å²) in [4.78, 5) is 20.3. The van der Waals surface area contributed by atoms with Crippen molar-refractivity contribution in [3.63, 3.8) is 0 Å². The van der Waals surface area contributed by atoms with Crippen molar-refractivity contribution in [1.82, 2.24) is 20.1 Å². The van der Waals surface area contributed by atoms with Gasteiger partial charge in [0.15, 0.2) is 5.82 Å². The van der Waals surface area contributed by atoms with Crippen LogP contribution < -0.4 is 5.32 Å². The fraction of sp³-hybridized carbons (Fsp3) is 0.571. The first-order valence-electron chi connectivity index (χ1n) is 10.4. The van der Waals surface area contributed by atoms with Crippen LogP contribution in [0.4, 0.5) is 11.6 Å². The number of pyridine rings is 1. The Labute approximate surface area is 164 Å². The molecule has 2 aromatic heterocycles. The Morgan fingerprint density at radius 3 is 2.86 bits per heavy atom. The maximum Gasteiger partial charge on any atom is 0.229 e. The van der Waals surface area contributed by atoms with Gasteiger partial charge in [0.1, 0.15) is 5.82 Å². The Bertz CT molecular complexity index is 871. The van der Waals surface area contributed by atoms with Gasteiger partial charge in [-0.1, -0.05) is 18.9 Å². The minimum atomic E-state index is -0.265. The molecule has 7 heteroatoms. The fourth-order valence-electron chi connectivity index (χ4n) is 4.81. The average molecular weight is 381 g/mol. The highest BCUT2D eigenvalue weighted by atomic mass is 16.5. The zero-order valence-corrected chi connectivity index (χ0v) is 16.2. The maximum atomic E-state index is 13.6. The van der Waals surface area contributed by atoms with Gasteiger partial charge in [0, 0.05) is 24.5 Å². The van der Waals surface area contributed by atoms with E-state index in [1.54, 1.807) is 0 Å². The van der Waals surface area contributed by atoms with Crippen molar-refractivity contribution in [3.8, 4) is 0 Å². The summed E-state index contributed by atoms with van der Waals surface area (Å²) in [6.07, 6.45) is 6.89. The fourth-order valence-corrected chi connectivity index (χ4v) is 4.81. The summed E-state index contributed by atoms with van der Waals surface area (Å²) in [7, 11) is 0. The minimum absolute atomic E-state index is 0.265. The molecule has 0 atom stereocenters. The molecule has 0 aliphatic carbocycles. The normalized spacial score (nSPS) is 21.9. The van der Waals surface area contributed by atoms with E-state index >= 15 is 0 Å². The number of amides is 1. The van der Waals surface area contributed by atoms with E-state index in [4.69, 9.17) is 9.72 Å². The Kier molecular flexibility index (Phi) is 4.55. The molecule has 28 heavy (non-hydrogen) atoms. The highest BCUT2D eigenvalue weighted by molar-refractivity contribution is 5.83. The monoisotopic (exact) mass is 381 g/mol. The van der Waals surface area contributed by atoms with Gasteiger partial charge in [-0.05, 0) is 44.2 Å². The molecule has 1 amide bonds. The summed E-state index contributed by atoms with van der Waals surface area (Å²) < 4.78 is 5.59. The topological polar surface area (TPSA) is 83.1 Å². The number of aromatic nitrogens is 3. The number of hydrogen-bond acceptors (Lipinski definition) is 5. The van der Waals surface area contributed by atoms with Gasteiger partial charge >= 0.3 is 0 Å². The predicted molar refractivity (Wildman–Crippen MR) is 105 cm³/mol. The summed E-state index contributed by atoms with van der Waals surface area (Å²) in [6, 6.07) is 6.10. The van der Waals surface area contributed by atoms with Gasteiger partial charge in [-0.25, -0.2) is 4.98 Å². The second-order valence-electron chi connectivity index (χ2n) is 8.28. The van der Waals surface area contributed by atoms with Crippen LogP contribution in [0.3, 0.4) is 0 Å². The quantitative estimate of drug-likeness (QED) is 0.732. The molecule has 2 N–H and O–H groups in total. The van der Waals surface area contributed by atoms with Gasteiger partial charge in [0.2, 0.25) is 5.91 Å². The van der Waals surface area contributed by atoms with Gasteiger partial charge in [-0.2, -0.15) is 5.10 Å². The van der Waals surface area contributed by atoms with Crippen LogP contribution >= 0.6 is 0 Å². The van der Waals surface area contributed by atoms with E-state index in [-0.39, 0.29) is 5.41 Å². The molecule has 3 aliphatic rings. The molecule has 3 aliphatic heterocycles. The van der Waals surface area contributed by atoms with Crippen molar-refractivity contribution < 1.29 is 9.53 Å². The highest BCUT2D eigenvalue weighted by Gasteiger charge is 2.44. The van der Waals surface area contributed by atoms with Crippen LogP contribution in [-0.2, 0) is 29.0 Å². The van der Waals surface area contributed by atoms with Crippen LogP contribution in [0.2, 0.25) is 0 Å². The van der Waals surface area contributed by atoms with E-state index in [2.05, 4.69) is 21.6 Å². The smallest absolute Gasteiger partial charge is 0.229 e. The molecule has 0 radical (unpaired) electrons. The number of anilines is 2. The molecule has 4 bridgehead atoms. The van der Waals surface area contributed by atoms with E-state index in [1.807, 2.05) is 17.0 Å². The lowest BCUT2D eigenvalue weighted by Crippen LogP contribution is -2.45. The van der Waals surface area contributed by atoms with E-state index < -0.39 is 0 Å². The summed E-state index contributed by atoms with van der Waals surface area (Å²) in [6.45, 7) is 2.60. The standard InChI is InChI=1S/C21H27N5O2/c27-20-21(9-11-28-12-10-21)8-3-1-2-5-15-6-4-7-18(22-15)23-19-16-13-26(20)14-17(16)24-25-19/h4,6-7H,1-3,5,8-14H2,(H2,22,23,24,25). The molecule has 5 rings (SSSR count). The number of H-pyrrole nitrogens is 1. The van der Waals surface area contributed by atoms with Gasteiger partial charge in [0.25, 0.3) is 0 Å². The third-order valence-corrected chi connectivity index (χ3v) is 6.48. The van der Waals surface area contributed by atoms with E-state index in [9.17, 15) is 4.79 Å². The average Bonchev–Trinajstić information content (AvgIpc) is 3.30. The zero-order valence-electron chi connectivity index (χ0n) is 16.2. The molecule has 148 valence electrons. The number of rotatable bonds is 0. The van der Waals surface area contributed by atoms with Gasteiger partial charge < -0.3 is 15.0 Å². The second kappa shape index (κ2) is 7.20. The number of ether oxygens (including phenoxy) is 1. The first kappa shape index (κ1) is 17.7. The molecule has 1 spiro atoms. The Hall–Kier alpha value is -2.41. The van der Waals surface area contributed by atoms with Crippen LogP contribution in [-0.4, -0.2) is 39.2 Å². The van der Waals surface area contributed by atoms with Crippen molar-refractivity contribution in [2.24, 2.45) is 5.41 Å². The largest absolute Gasteiger partial charge is 0.381 e. The molecule has 5 heterocycles. The van der Waals surface area contributed by atoms with Crippen molar-refractivity contribution >= 4 is 17.5 Å². The summed E-state index contributed by atoms with van der Waals surface area (Å²) in [5, 5.41) is 10.9. The molecular formula is C21H27N5O2. The van der Waals surface area contributed by atoms with Crippen LogP contribution in [0.1, 0.15) is 55.5 Å². The number of carbonyl (C=O) groups excluding carboxylic acids is 1. The molecular weight excluding hydrogens is 354 g/mol. The Morgan fingerprint density at radius 2 is 1.96 bits per heavy atom. The van der Waals surface area contributed by atoms with E-state index in [0.717, 1.165) is 73.5 Å². The summed E-state index contributed by atoms with van der Waals surface area (Å²) in [5.41, 5.74) is 2.95. The lowest BCUT2D eigenvalue weighted by molar-refractivity contribution is -0.149. The van der Waals surface area contributed by atoms with Gasteiger partial charge in [-0.3, -0.25) is 9.89 Å². The van der Waals surface area contributed by atoms with Crippen LogP contribution in [0, 0.1) is 5.41 Å². The minimum Gasteiger partial charge on any atom is -0.381 e. The molecule has 0 aromatic carbocycles. The van der Waals surface area contributed by atoms with Crippen LogP contribution in [0.15, 0.2) is 18.2 Å². The number of carbonyl (C=O) groups is 1. The van der Waals surface area contributed by atoms with Crippen molar-refractivity contribution in [1.29, 1.82) is 0 Å². The molecule has 0 unspecified atom stereocenters. The lowest BCUT2D eigenvalue weighted by Gasteiger charge is -2.38. The number of hydrogen-bond donors (Lipinski definition) is 2. The SMILES string of the molecule is O=C1N2Cc3[nH]nc(c3C2)Nc2cccc(n2)CCCCCC12CCOCC2. The summed E-state index contributed by atoms with van der Waals surface area (Å²) >= 11 is 0. The molecule has 0 saturated carbocycles. The Balaban J connectivity index is 1.47. The zero-order chi connectivity index (χ0) is 19.0. The van der Waals surface area contributed by atoms with Gasteiger partial charge in [-0.15, -0.1) is 0 Å². The highest BCUT2D eigenvalue weighted by Crippen LogP contribution is 2.41. The van der Waals surface area contributed by atoms with Crippen molar-refractivity contribution in [2.75, 3.05) is 18.5 Å². The predicted octanol–water partition coefficient (Wildman–Crippen LogP) is 3.30. The van der Waals surface area contributed by atoms with E-state index in [0.29, 0.717) is 32.2 Å². The molecule has 7 nitrogen and oxygen atoms in total. The molecule has 2 aromatic rings. The van der Waals surface area contributed by atoms with Crippen molar-refractivity contribution in [2.45, 2.75) is 58.0 Å². The van der Waals surface area contributed by atoms with Gasteiger partial charge in [0.05, 0.1) is 24.2 Å². The van der Waals surface area contributed by atoms with Crippen molar-refractivity contribution in [3.05, 3.63) is 35.2 Å². The van der Waals surface area contributed by atoms with Crippen LogP contribution in [0.25, 0.3) is 0 Å². The first-order valence-corrected chi connectivity index (χ1v) is 10.4. The number of aromatic amines is 1. The number of nitrogens with zero attached hydrogens (tertiary/aromatic N) is 3. The third kappa shape index (κ3) is 3.17. The number of nitrogens with one attached hydrogen (secondary N) is 2. The number of fused-ring (bicyclic) bond motifs is 3. The molecule has 1 fully saturated rings. The van der Waals surface area contributed by atoms with Crippen LogP contribution in [0.5, 0.6) is 0 Å². The Morgan fingerprint density at radius 1 is 1.07 bits per heavy atom. The first-order chi connectivity index (χ1) is 13.7.